The second kappa shape index (κ2) is 10.7. The summed E-state index contributed by atoms with van der Waals surface area (Å²) in [5, 5.41) is 5.31. The molecule has 0 bridgehead atoms. The van der Waals surface area contributed by atoms with Crippen molar-refractivity contribution in [3.05, 3.63) is 0 Å². The average molecular weight is 313 g/mol. The molecule has 0 aliphatic carbocycles. The first kappa shape index (κ1) is 17.8. The predicted octanol–water partition coefficient (Wildman–Crippen LogP) is 0.206. The molecule has 4 N–H and O–H groups in total. The maximum absolute atomic E-state index is 11.2. The number of hydrogen-bond acceptors (Lipinski definition) is 6. The van der Waals surface area contributed by atoms with Gasteiger partial charge in [-0.3, -0.25) is 0 Å². The maximum atomic E-state index is 11.2. The fourth-order valence-electron chi connectivity index (χ4n) is 1.22. The molecule has 10 heteroatoms. The molecule has 0 heterocycles. The predicted molar refractivity (Wildman–Crippen MR) is 75.0 cm³/mol. The lowest BCUT2D eigenvalue weighted by molar-refractivity contribution is 0.169. The Morgan fingerprint density at radius 3 is 2.44 bits per heavy atom. The molecule has 0 saturated carbocycles. The lowest BCUT2D eigenvalue weighted by atomic mass is 10.5. The smallest absolute Gasteiger partial charge is 0.376 e. The number of nitrogens with one attached hydrogen (secondary N) is 2. The van der Waals surface area contributed by atoms with Gasteiger partial charge in [-0.1, -0.05) is 0 Å². The highest BCUT2D eigenvalue weighted by Gasteiger charge is 2.38. The standard InChI is InChI=1S/C8H20N3O4PSSi/c1-13-18(14-2,15-16-17)7-3-5-10-8(12)11-6-4-9/h3-7,9H2,1-2H3,(H2,10,11,12). The highest BCUT2D eigenvalue weighted by Crippen LogP contribution is 2.20. The molecule has 0 aromatic heterocycles. The molecule has 2 amide bonds. The summed E-state index contributed by atoms with van der Waals surface area (Å²) < 4.78 is 15.9. The first-order valence-electron chi connectivity index (χ1n) is 5.47. The second-order valence-corrected chi connectivity index (χ2v) is 7.34. The molecule has 18 heavy (non-hydrogen) atoms. The van der Waals surface area contributed by atoms with Gasteiger partial charge in [0.2, 0.25) is 0 Å². The Bertz CT molecular complexity index is 258. The summed E-state index contributed by atoms with van der Waals surface area (Å²) in [6.07, 6.45) is 0.689. The van der Waals surface area contributed by atoms with Crippen LogP contribution in [0.15, 0.2) is 0 Å². The average Bonchev–Trinajstić information content (AvgIpc) is 2.40. The van der Waals surface area contributed by atoms with Gasteiger partial charge in [-0.05, 0) is 18.2 Å². The lowest BCUT2D eigenvalue weighted by Gasteiger charge is -2.23. The molecule has 0 aliphatic rings. The molecule has 0 saturated heterocycles. The zero-order valence-electron chi connectivity index (χ0n) is 10.6. The van der Waals surface area contributed by atoms with Crippen molar-refractivity contribution < 1.29 is 17.9 Å². The van der Waals surface area contributed by atoms with Gasteiger partial charge in [0.05, 0.1) is 0 Å². The molecule has 106 valence electrons. The third-order valence-corrected chi connectivity index (χ3v) is 6.47. The van der Waals surface area contributed by atoms with Gasteiger partial charge >= 0.3 is 14.8 Å². The maximum Gasteiger partial charge on any atom is 0.509 e. The van der Waals surface area contributed by atoms with Crippen LogP contribution < -0.4 is 16.4 Å². The van der Waals surface area contributed by atoms with E-state index in [4.69, 9.17) is 30.6 Å². The molecule has 0 aliphatic heterocycles. The molecule has 0 rings (SSSR count). The topological polar surface area (TPSA) is 94.8 Å². The molecule has 0 aromatic carbocycles. The molecular weight excluding hydrogens is 293 g/mol. The Hall–Kier alpha value is -0.153. The number of amides is 2. The van der Waals surface area contributed by atoms with E-state index in [1.165, 1.54) is 14.2 Å². The van der Waals surface area contributed by atoms with E-state index >= 15 is 0 Å². The third-order valence-electron chi connectivity index (χ3n) is 2.17. The molecule has 0 atom stereocenters. The molecule has 0 spiro atoms. The van der Waals surface area contributed by atoms with E-state index in [1.54, 1.807) is 0 Å². The van der Waals surface area contributed by atoms with Gasteiger partial charge in [-0.15, -0.1) is 0 Å². The highest BCUT2D eigenvalue weighted by molar-refractivity contribution is 7.94. The fraction of sp³-hybridized carbons (Fsp3) is 0.875. The van der Waals surface area contributed by atoms with Crippen LogP contribution in [0.2, 0.25) is 6.04 Å². The summed E-state index contributed by atoms with van der Waals surface area (Å²) in [5.41, 5.74) is 5.26. The van der Waals surface area contributed by atoms with Crippen LogP contribution in [-0.2, 0) is 24.9 Å². The molecule has 0 aromatic rings. The van der Waals surface area contributed by atoms with Crippen LogP contribution in [0, 0.1) is 0 Å². The Morgan fingerprint density at radius 2 is 1.94 bits per heavy atom. The van der Waals surface area contributed by atoms with Gasteiger partial charge in [0.15, 0.2) is 0 Å². The largest absolute Gasteiger partial charge is 0.509 e. The number of rotatable bonds is 10. The van der Waals surface area contributed by atoms with Gasteiger partial charge in [-0.25, -0.2) is 4.79 Å². The van der Waals surface area contributed by atoms with Crippen LogP contribution in [0.4, 0.5) is 4.79 Å². The number of carbonyl (C=O) groups is 1. The van der Waals surface area contributed by atoms with Crippen LogP contribution in [0.3, 0.4) is 0 Å². The number of nitrogens with two attached hydrogens (primary N) is 1. The van der Waals surface area contributed by atoms with E-state index < -0.39 is 8.80 Å². The second-order valence-electron chi connectivity index (χ2n) is 3.33. The molecule has 0 fully saturated rings. The summed E-state index contributed by atoms with van der Waals surface area (Å²) >= 11 is 4.73. The van der Waals surface area contributed by atoms with Gasteiger partial charge in [0, 0.05) is 39.9 Å². The van der Waals surface area contributed by atoms with Crippen molar-refractivity contribution in [3.63, 3.8) is 0 Å². The third kappa shape index (κ3) is 7.32. The monoisotopic (exact) mass is 313 g/mol. The highest BCUT2D eigenvalue weighted by atomic mass is 32.4. The fourth-order valence-corrected chi connectivity index (χ4v) is 4.84. The minimum absolute atomic E-state index is 0.232. The minimum Gasteiger partial charge on any atom is -0.376 e. The summed E-state index contributed by atoms with van der Waals surface area (Å²) in [4.78, 5) is 11.2. The first-order valence-corrected chi connectivity index (χ1v) is 9.22. The van der Waals surface area contributed by atoms with E-state index in [0.717, 1.165) is 0 Å². The van der Waals surface area contributed by atoms with Crippen molar-refractivity contribution in [2.45, 2.75) is 12.5 Å². The Morgan fingerprint density at radius 1 is 1.33 bits per heavy atom. The van der Waals surface area contributed by atoms with Crippen molar-refractivity contribution in [2.24, 2.45) is 5.73 Å². The number of carbonyl (C=O) groups excluding carboxylic acids is 1. The summed E-state index contributed by atoms with van der Waals surface area (Å²) in [7, 11) is 0.793. The van der Waals surface area contributed by atoms with Gasteiger partial charge in [-0.2, -0.15) is 0 Å². The van der Waals surface area contributed by atoms with Crippen molar-refractivity contribution in [3.8, 4) is 0 Å². The SMILES string of the molecule is CO[Si](CCCNC(=O)NCCN)(OC)OP=S. The van der Waals surface area contributed by atoms with E-state index in [1.807, 2.05) is 0 Å². The minimum atomic E-state index is -2.65. The van der Waals surface area contributed by atoms with E-state index in [-0.39, 0.29) is 6.03 Å². The zero-order chi connectivity index (χ0) is 13.9. The number of hydrogen-bond donors (Lipinski definition) is 3. The van der Waals surface area contributed by atoms with Crippen LogP contribution >= 0.6 is 7.58 Å². The van der Waals surface area contributed by atoms with E-state index in [0.29, 0.717) is 39.7 Å². The molecule has 0 radical (unpaired) electrons. The zero-order valence-corrected chi connectivity index (χ0v) is 13.3. The van der Waals surface area contributed by atoms with Crippen LogP contribution in [0.1, 0.15) is 6.42 Å². The van der Waals surface area contributed by atoms with Crippen molar-refractivity contribution in [1.82, 2.24) is 10.6 Å². The van der Waals surface area contributed by atoms with Crippen LogP contribution in [-0.4, -0.2) is 48.7 Å². The van der Waals surface area contributed by atoms with Crippen LogP contribution in [0.25, 0.3) is 0 Å². The normalized spacial score (nSPS) is 11.5. The lowest BCUT2D eigenvalue weighted by Crippen LogP contribution is -2.43. The van der Waals surface area contributed by atoms with E-state index in [2.05, 4.69) is 10.6 Å². The number of urea groups is 1. The summed E-state index contributed by atoms with van der Waals surface area (Å²) in [6, 6.07) is 0.366. The summed E-state index contributed by atoms with van der Waals surface area (Å²) in [5.74, 6) is 0. The summed E-state index contributed by atoms with van der Waals surface area (Å²) in [6.45, 7) is 1.39. The van der Waals surface area contributed by atoms with Crippen molar-refractivity contribution in [2.75, 3.05) is 33.9 Å². The Kier molecular flexibility index (Phi) is 10.6. The Labute approximate surface area is 115 Å². The van der Waals surface area contributed by atoms with Crippen LogP contribution in [0.5, 0.6) is 0 Å². The van der Waals surface area contributed by atoms with Gasteiger partial charge in [0.25, 0.3) is 0 Å². The van der Waals surface area contributed by atoms with Crippen molar-refractivity contribution >= 4 is 34.2 Å². The Balaban J connectivity index is 3.86. The van der Waals surface area contributed by atoms with Crippen molar-refractivity contribution in [1.29, 1.82) is 0 Å². The first-order chi connectivity index (χ1) is 8.64. The van der Waals surface area contributed by atoms with Gasteiger partial charge in [0.1, 0.15) is 7.58 Å². The quantitative estimate of drug-likeness (QED) is 0.303. The van der Waals surface area contributed by atoms with Gasteiger partial charge < -0.3 is 29.4 Å². The molecular formula is C8H20N3O4PSSi. The molecule has 7 nitrogen and oxygen atoms in total. The molecule has 0 unspecified atom stereocenters. The van der Waals surface area contributed by atoms with E-state index in [9.17, 15) is 4.79 Å².